The van der Waals surface area contributed by atoms with Gasteiger partial charge in [0.1, 0.15) is 0 Å². The van der Waals surface area contributed by atoms with Gasteiger partial charge < -0.3 is 0 Å². The summed E-state index contributed by atoms with van der Waals surface area (Å²) in [7, 11) is 0. The Morgan fingerprint density at radius 1 is 1.54 bits per heavy atom. The smallest absolute Gasteiger partial charge is 0.172 e. The first kappa shape index (κ1) is 8.19. The van der Waals surface area contributed by atoms with Crippen LogP contribution in [0.25, 0.3) is 5.82 Å². The van der Waals surface area contributed by atoms with E-state index in [1.54, 1.807) is 6.07 Å². The third-order valence-electron chi connectivity index (χ3n) is 1.45. The van der Waals surface area contributed by atoms with Gasteiger partial charge in [-0.05, 0) is 6.07 Å². The van der Waals surface area contributed by atoms with Crippen LogP contribution in [0.15, 0.2) is 24.7 Å². The third-order valence-corrected chi connectivity index (χ3v) is 1.72. The van der Waals surface area contributed by atoms with Crippen LogP contribution in [0.2, 0.25) is 5.02 Å². The highest BCUT2D eigenvalue weighted by molar-refractivity contribution is 6.31. The molecule has 0 amide bonds. The van der Waals surface area contributed by atoms with Gasteiger partial charge in [0.25, 0.3) is 0 Å². The van der Waals surface area contributed by atoms with E-state index in [1.807, 2.05) is 0 Å². The Labute approximate surface area is 78.8 Å². The molecule has 13 heavy (non-hydrogen) atoms. The predicted octanol–water partition coefficient (Wildman–Crippen LogP) is 1.86. The van der Waals surface area contributed by atoms with Crippen molar-refractivity contribution >= 4 is 11.6 Å². The average molecular weight is 197 g/mol. The highest BCUT2D eigenvalue weighted by atomic mass is 35.5. The number of pyridine rings is 1. The molecule has 5 heteroatoms. The predicted molar refractivity (Wildman–Crippen MR) is 45.2 cm³/mol. The second-order valence-corrected chi connectivity index (χ2v) is 2.71. The van der Waals surface area contributed by atoms with Crippen LogP contribution in [0.5, 0.6) is 0 Å². The molecule has 3 nitrogen and oxygen atoms in total. The Hall–Kier alpha value is -1.42. The van der Waals surface area contributed by atoms with Crippen LogP contribution in [0.1, 0.15) is 0 Å². The fourth-order valence-electron chi connectivity index (χ4n) is 0.916. The molecule has 0 aromatic carbocycles. The molecule has 0 spiro atoms. The lowest BCUT2D eigenvalue weighted by Gasteiger charge is -1.99. The first-order valence-corrected chi connectivity index (χ1v) is 3.88. The van der Waals surface area contributed by atoms with Crippen LogP contribution in [-0.2, 0) is 0 Å². The van der Waals surface area contributed by atoms with E-state index in [-0.39, 0.29) is 0 Å². The summed E-state index contributed by atoms with van der Waals surface area (Å²) in [5.74, 6) is -0.0604. The van der Waals surface area contributed by atoms with E-state index in [1.165, 1.54) is 17.1 Å². The number of hydrogen-bond acceptors (Lipinski definition) is 2. The SMILES string of the molecule is Fc1cnn(-c2ncc[c]c2Cl)c1. The third kappa shape index (κ3) is 1.53. The maximum Gasteiger partial charge on any atom is 0.172 e. The Kier molecular flexibility index (Phi) is 1.98. The zero-order valence-corrected chi connectivity index (χ0v) is 7.16. The van der Waals surface area contributed by atoms with E-state index < -0.39 is 5.82 Å². The van der Waals surface area contributed by atoms with Gasteiger partial charge in [0.2, 0.25) is 0 Å². The van der Waals surface area contributed by atoms with Crippen LogP contribution >= 0.6 is 11.6 Å². The lowest BCUT2D eigenvalue weighted by Crippen LogP contribution is -1.97. The summed E-state index contributed by atoms with van der Waals surface area (Å²) < 4.78 is 13.8. The first-order chi connectivity index (χ1) is 6.27. The van der Waals surface area contributed by atoms with Gasteiger partial charge in [0, 0.05) is 12.3 Å². The molecule has 2 rings (SSSR count). The van der Waals surface area contributed by atoms with E-state index in [2.05, 4.69) is 16.1 Å². The molecular weight excluding hydrogens is 193 g/mol. The summed E-state index contributed by atoms with van der Waals surface area (Å²) in [6, 6.07) is 4.30. The van der Waals surface area contributed by atoms with Gasteiger partial charge in [-0.25, -0.2) is 14.1 Å². The lowest BCUT2D eigenvalue weighted by molar-refractivity contribution is 0.627. The van der Waals surface area contributed by atoms with E-state index in [9.17, 15) is 4.39 Å². The molecular formula is C8H4ClFN3. The molecule has 2 heterocycles. The zero-order chi connectivity index (χ0) is 9.26. The Morgan fingerprint density at radius 3 is 3.00 bits per heavy atom. The van der Waals surface area contributed by atoms with Crippen molar-refractivity contribution in [3.8, 4) is 5.82 Å². The van der Waals surface area contributed by atoms with E-state index in [0.717, 1.165) is 6.20 Å². The summed E-state index contributed by atoms with van der Waals surface area (Å²) in [4.78, 5) is 3.93. The van der Waals surface area contributed by atoms with E-state index in [0.29, 0.717) is 10.8 Å². The Morgan fingerprint density at radius 2 is 2.38 bits per heavy atom. The maximum absolute atomic E-state index is 12.6. The van der Waals surface area contributed by atoms with Crippen LogP contribution in [0.3, 0.4) is 0 Å². The van der Waals surface area contributed by atoms with Crippen molar-refractivity contribution in [2.75, 3.05) is 0 Å². The minimum Gasteiger partial charge on any atom is -0.236 e. The van der Waals surface area contributed by atoms with Crippen LogP contribution in [-0.4, -0.2) is 14.8 Å². The maximum atomic E-state index is 12.6. The van der Waals surface area contributed by atoms with Gasteiger partial charge in [0.15, 0.2) is 11.6 Å². The molecule has 0 aliphatic heterocycles. The standard InChI is InChI=1S/C8H4ClFN3/c9-7-2-1-3-11-8(7)13-5-6(10)4-12-13/h1,3-5H. The quantitative estimate of drug-likeness (QED) is 0.697. The van der Waals surface area contributed by atoms with Gasteiger partial charge in [-0.1, -0.05) is 11.6 Å². The second-order valence-electron chi connectivity index (χ2n) is 2.33. The molecule has 2 aromatic rings. The van der Waals surface area contributed by atoms with Gasteiger partial charge in [-0.2, -0.15) is 5.10 Å². The largest absolute Gasteiger partial charge is 0.236 e. The minimum atomic E-state index is -0.429. The number of aromatic nitrogens is 3. The molecule has 0 aliphatic carbocycles. The first-order valence-electron chi connectivity index (χ1n) is 3.50. The van der Waals surface area contributed by atoms with Crippen molar-refractivity contribution in [1.82, 2.24) is 14.8 Å². The summed E-state index contributed by atoms with van der Waals surface area (Å²) in [5, 5.41) is 4.03. The molecule has 0 N–H and O–H groups in total. The number of hydrogen-bond donors (Lipinski definition) is 0. The number of rotatable bonds is 1. The lowest BCUT2D eigenvalue weighted by atomic mass is 10.4. The van der Waals surface area contributed by atoms with Gasteiger partial charge >= 0.3 is 0 Å². The fourth-order valence-corrected chi connectivity index (χ4v) is 1.11. The Bertz CT molecular complexity index is 427. The van der Waals surface area contributed by atoms with Crippen molar-refractivity contribution in [3.63, 3.8) is 0 Å². The van der Waals surface area contributed by atoms with Crippen LogP contribution in [0, 0.1) is 11.9 Å². The van der Waals surface area contributed by atoms with Crippen molar-refractivity contribution in [3.05, 3.63) is 41.6 Å². The van der Waals surface area contributed by atoms with Crippen molar-refractivity contribution < 1.29 is 4.39 Å². The summed E-state index contributed by atoms with van der Waals surface area (Å²) in [6.45, 7) is 0. The summed E-state index contributed by atoms with van der Waals surface area (Å²) in [5.41, 5.74) is 0. The van der Waals surface area contributed by atoms with Gasteiger partial charge in [-0.3, -0.25) is 0 Å². The molecule has 0 aliphatic rings. The number of halogens is 2. The molecule has 0 unspecified atom stereocenters. The molecule has 0 saturated carbocycles. The van der Waals surface area contributed by atoms with Crippen molar-refractivity contribution in [1.29, 1.82) is 0 Å². The normalized spacial score (nSPS) is 10.3. The van der Waals surface area contributed by atoms with Gasteiger partial charge in [-0.15, -0.1) is 0 Å². The monoisotopic (exact) mass is 196 g/mol. The molecule has 0 fully saturated rings. The van der Waals surface area contributed by atoms with Crippen LogP contribution in [0.4, 0.5) is 4.39 Å². The summed E-state index contributed by atoms with van der Waals surface area (Å²) >= 11 is 5.77. The molecule has 0 atom stereocenters. The zero-order valence-electron chi connectivity index (χ0n) is 6.41. The van der Waals surface area contributed by atoms with Crippen molar-refractivity contribution in [2.45, 2.75) is 0 Å². The van der Waals surface area contributed by atoms with E-state index >= 15 is 0 Å². The minimum absolute atomic E-state index is 0.311. The highest BCUT2D eigenvalue weighted by Gasteiger charge is 2.04. The molecule has 2 aromatic heterocycles. The molecule has 65 valence electrons. The van der Waals surface area contributed by atoms with Crippen LogP contribution < -0.4 is 0 Å². The molecule has 1 radical (unpaired) electrons. The topological polar surface area (TPSA) is 30.7 Å². The summed E-state index contributed by atoms with van der Waals surface area (Å²) in [6.07, 6.45) is 3.80. The van der Waals surface area contributed by atoms with Crippen molar-refractivity contribution in [2.24, 2.45) is 0 Å². The Balaban J connectivity index is 2.52. The number of nitrogens with zero attached hydrogens (tertiary/aromatic N) is 3. The van der Waals surface area contributed by atoms with E-state index in [4.69, 9.17) is 11.6 Å². The fraction of sp³-hybridized carbons (Fsp3) is 0. The second kappa shape index (κ2) is 3.14. The average Bonchev–Trinajstić information content (AvgIpc) is 2.53. The molecule has 0 bridgehead atoms. The highest BCUT2D eigenvalue weighted by Crippen LogP contribution is 2.15. The van der Waals surface area contributed by atoms with Gasteiger partial charge in [0.05, 0.1) is 17.4 Å². The molecule has 0 saturated heterocycles.